The topological polar surface area (TPSA) is 30.5 Å². The fraction of sp³-hybridized carbons (Fsp3) is 0.571. The summed E-state index contributed by atoms with van der Waals surface area (Å²) in [6.45, 7) is 3.70. The molecule has 1 N–H and O–H groups in total. The van der Waals surface area contributed by atoms with Gasteiger partial charge in [0.25, 0.3) is 0 Å². The summed E-state index contributed by atoms with van der Waals surface area (Å²) in [4.78, 5) is 0. The second-order valence-electron chi connectivity index (χ2n) is 4.54. The summed E-state index contributed by atoms with van der Waals surface area (Å²) >= 11 is 0. The monoisotopic (exact) mass is 235 g/mol. The van der Waals surface area contributed by atoms with Gasteiger partial charge in [-0.15, -0.1) is 0 Å². The molecule has 3 nitrogen and oxygen atoms in total. The number of hydrogen-bond acceptors (Lipinski definition) is 3. The fourth-order valence-electron chi connectivity index (χ4n) is 2.29. The molecule has 0 bridgehead atoms. The molecule has 1 aliphatic rings. The van der Waals surface area contributed by atoms with Crippen molar-refractivity contribution in [2.45, 2.75) is 31.5 Å². The van der Waals surface area contributed by atoms with Crippen LogP contribution in [-0.4, -0.2) is 32.5 Å². The molecule has 0 aliphatic carbocycles. The van der Waals surface area contributed by atoms with Crippen LogP contribution in [-0.2, 0) is 9.47 Å². The Morgan fingerprint density at radius 3 is 2.82 bits per heavy atom. The SMILES string of the molecule is CO[C@H]1COCC[C@@H]1N[C@@H](C)c1ccccc1. The van der Waals surface area contributed by atoms with Gasteiger partial charge in [0.2, 0.25) is 0 Å². The second kappa shape index (κ2) is 6.15. The number of benzene rings is 1. The van der Waals surface area contributed by atoms with Crippen molar-refractivity contribution in [2.75, 3.05) is 20.3 Å². The Labute approximate surface area is 103 Å². The molecule has 17 heavy (non-hydrogen) atoms. The summed E-state index contributed by atoms with van der Waals surface area (Å²) in [5.74, 6) is 0. The van der Waals surface area contributed by atoms with Crippen LogP contribution < -0.4 is 5.32 Å². The van der Waals surface area contributed by atoms with Crippen LogP contribution in [0.25, 0.3) is 0 Å². The van der Waals surface area contributed by atoms with E-state index in [2.05, 4.69) is 36.5 Å². The van der Waals surface area contributed by atoms with Crippen molar-refractivity contribution in [3.05, 3.63) is 35.9 Å². The number of ether oxygens (including phenoxy) is 2. The van der Waals surface area contributed by atoms with E-state index in [1.54, 1.807) is 7.11 Å². The molecule has 2 rings (SSSR count). The number of methoxy groups -OCH3 is 1. The van der Waals surface area contributed by atoms with E-state index in [0.29, 0.717) is 18.7 Å². The average molecular weight is 235 g/mol. The zero-order valence-electron chi connectivity index (χ0n) is 10.6. The van der Waals surface area contributed by atoms with E-state index in [-0.39, 0.29) is 6.10 Å². The van der Waals surface area contributed by atoms with Crippen molar-refractivity contribution in [3.8, 4) is 0 Å². The first-order valence-electron chi connectivity index (χ1n) is 6.23. The Bertz CT molecular complexity index is 328. The number of nitrogens with one attached hydrogen (secondary N) is 1. The van der Waals surface area contributed by atoms with Crippen LogP contribution in [0, 0.1) is 0 Å². The molecule has 1 aromatic carbocycles. The first kappa shape index (κ1) is 12.6. The van der Waals surface area contributed by atoms with E-state index in [4.69, 9.17) is 9.47 Å². The minimum atomic E-state index is 0.162. The van der Waals surface area contributed by atoms with Crippen LogP contribution in [0.1, 0.15) is 24.9 Å². The Balaban J connectivity index is 1.95. The number of hydrogen-bond donors (Lipinski definition) is 1. The van der Waals surface area contributed by atoms with E-state index in [9.17, 15) is 0 Å². The molecular formula is C14H21NO2. The van der Waals surface area contributed by atoms with Gasteiger partial charge in [0.15, 0.2) is 0 Å². The van der Waals surface area contributed by atoms with Crippen molar-refractivity contribution in [3.63, 3.8) is 0 Å². The maximum absolute atomic E-state index is 5.45. The molecule has 1 heterocycles. The van der Waals surface area contributed by atoms with Gasteiger partial charge in [-0.05, 0) is 18.9 Å². The van der Waals surface area contributed by atoms with Crippen LogP contribution in [0.2, 0.25) is 0 Å². The smallest absolute Gasteiger partial charge is 0.0958 e. The van der Waals surface area contributed by atoms with Gasteiger partial charge in [-0.25, -0.2) is 0 Å². The zero-order valence-corrected chi connectivity index (χ0v) is 10.6. The lowest BCUT2D eigenvalue weighted by atomic mass is 10.0. The third-order valence-corrected chi connectivity index (χ3v) is 3.37. The molecule has 0 radical (unpaired) electrons. The van der Waals surface area contributed by atoms with Crippen molar-refractivity contribution in [1.29, 1.82) is 0 Å². The predicted octanol–water partition coefficient (Wildman–Crippen LogP) is 2.14. The third kappa shape index (κ3) is 3.28. The van der Waals surface area contributed by atoms with Crippen LogP contribution in [0.3, 0.4) is 0 Å². The van der Waals surface area contributed by atoms with Crippen molar-refractivity contribution in [2.24, 2.45) is 0 Å². The lowest BCUT2D eigenvalue weighted by molar-refractivity contribution is -0.0518. The lowest BCUT2D eigenvalue weighted by Crippen LogP contribution is -2.48. The van der Waals surface area contributed by atoms with Gasteiger partial charge < -0.3 is 14.8 Å². The molecule has 0 saturated carbocycles. The van der Waals surface area contributed by atoms with E-state index < -0.39 is 0 Å². The van der Waals surface area contributed by atoms with Crippen LogP contribution in [0.15, 0.2) is 30.3 Å². The highest BCUT2D eigenvalue weighted by molar-refractivity contribution is 5.18. The van der Waals surface area contributed by atoms with Gasteiger partial charge in [0, 0.05) is 25.8 Å². The minimum absolute atomic E-state index is 0.162. The van der Waals surface area contributed by atoms with Gasteiger partial charge in [-0.3, -0.25) is 0 Å². The van der Waals surface area contributed by atoms with Crippen molar-refractivity contribution >= 4 is 0 Å². The molecule has 1 fully saturated rings. The molecule has 3 heteroatoms. The first-order valence-corrected chi connectivity index (χ1v) is 6.23. The molecule has 1 saturated heterocycles. The van der Waals surface area contributed by atoms with Crippen LogP contribution >= 0.6 is 0 Å². The summed E-state index contributed by atoms with van der Waals surface area (Å²) in [7, 11) is 1.75. The maximum atomic E-state index is 5.45. The van der Waals surface area contributed by atoms with Gasteiger partial charge in [0.1, 0.15) is 0 Å². The first-order chi connectivity index (χ1) is 8.31. The molecule has 0 aromatic heterocycles. The Morgan fingerprint density at radius 1 is 1.35 bits per heavy atom. The molecule has 1 aromatic rings. The average Bonchev–Trinajstić information content (AvgIpc) is 2.40. The fourth-order valence-corrected chi connectivity index (χ4v) is 2.29. The van der Waals surface area contributed by atoms with E-state index in [1.807, 2.05) is 6.07 Å². The van der Waals surface area contributed by atoms with E-state index >= 15 is 0 Å². The molecule has 1 aliphatic heterocycles. The molecular weight excluding hydrogens is 214 g/mol. The standard InChI is InChI=1S/C14H21NO2/c1-11(12-6-4-3-5-7-12)15-13-8-9-17-10-14(13)16-2/h3-7,11,13-15H,8-10H2,1-2H3/t11-,13-,14-/m0/s1. The molecule has 3 atom stereocenters. The largest absolute Gasteiger partial charge is 0.379 e. The Hall–Kier alpha value is -0.900. The molecule has 0 amide bonds. The molecule has 94 valence electrons. The predicted molar refractivity (Wildman–Crippen MR) is 68.0 cm³/mol. The van der Waals surface area contributed by atoms with Crippen LogP contribution in [0.4, 0.5) is 0 Å². The van der Waals surface area contributed by atoms with Gasteiger partial charge in [-0.2, -0.15) is 0 Å². The molecule has 0 unspecified atom stereocenters. The van der Waals surface area contributed by atoms with Gasteiger partial charge in [-0.1, -0.05) is 30.3 Å². The van der Waals surface area contributed by atoms with Crippen LogP contribution in [0.5, 0.6) is 0 Å². The Morgan fingerprint density at radius 2 is 2.12 bits per heavy atom. The Kier molecular flexibility index (Phi) is 4.54. The van der Waals surface area contributed by atoms with Crippen molar-refractivity contribution < 1.29 is 9.47 Å². The van der Waals surface area contributed by atoms with E-state index in [1.165, 1.54) is 5.56 Å². The second-order valence-corrected chi connectivity index (χ2v) is 4.54. The van der Waals surface area contributed by atoms with Gasteiger partial charge >= 0.3 is 0 Å². The summed E-state index contributed by atoms with van der Waals surface area (Å²) in [6.07, 6.45) is 1.17. The highest BCUT2D eigenvalue weighted by Gasteiger charge is 2.26. The highest BCUT2D eigenvalue weighted by atomic mass is 16.5. The van der Waals surface area contributed by atoms with Crippen molar-refractivity contribution in [1.82, 2.24) is 5.32 Å². The summed E-state index contributed by atoms with van der Waals surface area (Å²) in [6, 6.07) is 11.2. The molecule has 0 spiro atoms. The third-order valence-electron chi connectivity index (χ3n) is 3.37. The normalized spacial score (nSPS) is 26.7. The summed E-state index contributed by atoms with van der Waals surface area (Å²) in [5.41, 5.74) is 1.31. The number of rotatable bonds is 4. The van der Waals surface area contributed by atoms with Gasteiger partial charge in [0.05, 0.1) is 12.7 Å². The van der Waals surface area contributed by atoms with E-state index in [0.717, 1.165) is 13.0 Å². The minimum Gasteiger partial charge on any atom is -0.379 e. The summed E-state index contributed by atoms with van der Waals surface area (Å²) < 4.78 is 10.9. The lowest BCUT2D eigenvalue weighted by Gasteiger charge is -2.33. The maximum Gasteiger partial charge on any atom is 0.0958 e. The quantitative estimate of drug-likeness (QED) is 0.867. The summed E-state index contributed by atoms with van der Waals surface area (Å²) in [5, 5.41) is 3.63. The zero-order chi connectivity index (χ0) is 12.1. The highest BCUT2D eigenvalue weighted by Crippen LogP contribution is 2.17.